The second-order valence-corrected chi connectivity index (χ2v) is 8.90. The Morgan fingerprint density at radius 2 is 1.72 bits per heavy atom. The minimum atomic E-state index is 0.459. The van der Waals surface area contributed by atoms with Crippen LogP contribution >= 0.6 is 0 Å². The summed E-state index contributed by atoms with van der Waals surface area (Å²) >= 11 is 0. The highest BCUT2D eigenvalue weighted by Gasteiger charge is 2.17. The molecule has 0 aliphatic carbocycles. The molecule has 0 saturated carbocycles. The van der Waals surface area contributed by atoms with E-state index in [9.17, 15) is 0 Å². The molecule has 1 saturated heterocycles. The van der Waals surface area contributed by atoms with Gasteiger partial charge in [-0.3, -0.25) is 4.90 Å². The topological polar surface area (TPSA) is 54.6 Å². The zero-order valence-electron chi connectivity index (χ0n) is 19.2. The van der Waals surface area contributed by atoms with Gasteiger partial charge in [-0.1, -0.05) is 44.2 Å². The van der Waals surface area contributed by atoms with Crippen LogP contribution in [0, 0.1) is 5.92 Å². The Balaban J connectivity index is 1.40. The van der Waals surface area contributed by atoms with Gasteiger partial charge in [-0.15, -0.1) is 0 Å². The van der Waals surface area contributed by atoms with Crippen molar-refractivity contribution in [2.45, 2.75) is 20.3 Å². The smallest absolute Gasteiger partial charge is 0.128 e. The normalized spacial score (nSPS) is 14.7. The molecule has 0 atom stereocenters. The molecule has 2 heterocycles. The predicted octanol–water partition coefficient (Wildman–Crippen LogP) is 4.73. The fourth-order valence-electron chi connectivity index (χ4n) is 4.07. The summed E-state index contributed by atoms with van der Waals surface area (Å²) in [4.78, 5) is 9.53. The number of benzene rings is 2. The van der Waals surface area contributed by atoms with Gasteiger partial charge in [0.2, 0.25) is 0 Å². The fraction of sp³-hybridized carbons (Fsp3) is 0.370. The molecule has 168 valence electrons. The lowest BCUT2D eigenvalue weighted by molar-refractivity contribution is 0.260. The van der Waals surface area contributed by atoms with Crippen molar-refractivity contribution in [3.05, 3.63) is 72.3 Å². The third-order valence-electron chi connectivity index (χ3n) is 5.88. The first-order valence-corrected chi connectivity index (χ1v) is 11.6. The number of piperazine rings is 1. The number of nitrogens with two attached hydrogens (primary N) is 1. The van der Waals surface area contributed by atoms with Crippen molar-refractivity contribution < 1.29 is 4.74 Å². The number of hydrogen-bond donors (Lipinski definition) is 1. The van der Waals surface area contributed by atoms with Gasteiger partial charge in [-0.25, -0.2) is 4.98 Å². The quantitative estimate of drug-likeness (QED) is 0.560. The standard InChI is InChI=1S/C27H34N4O/c1-21(2)20-32-26-19-22(11-12-24(26)25-9-6-10-27(28)29-25)13-14-30-15-17-31(18-16-30)23-7-4-3-5-8-23/h3-12,19,21H,13-18,20H2,1-2H3,(H2,28,29). The van der Waals surface area contributed by atoms with Gasteiger partial charge in [-0.2, -0.15) is 0 Å². The molecule has 0 unspecified atom stereocenters. The van der Waals surface area contributed by atoms with E-state index in [0.717, 1.165) is 56.2 Å². The van der Waals surface area contributed by atoms with Crippen molar-refractivity contribution in [1.29, 1.82) is 0 Å². The maximum atomic E-state index is 6.19. The Morgan fingerprint density at radius 3 is 2.44 bits per heavy atom. The van der Waals surface area contributed by atoms with Crippen LogP contribution in [0.1, 0.15) is 19.4 Å². The van der Waals surface area contributed by atoms with Gasteiger partial charge in [0, 0.05) is 44.0 Å². The number of nitrogen functional groups attached to an aromatic ring is 1. The third kappa shape index (κ3) is 5.80. The van der Waals surface area contributed by atoms with E-state index in [1.54, 1.807) is 0 Å². The summed E-state index contributed by atoms with van der Waals surface area (Å²) in [5.74, 6) is 1.88. The van der Waals surface area contributed by atoms with Crippen molar-refractivity contribution in [3.8, 4) is 17.0 Å². The Hall–Kier alpha value is -3.05. The van der Waals surface area contributed by atoms with Crippen molar-refractivity contribution in [2.24, 2.45) is 5.92 Å². The number of aromatic nitrogens is 1. The molecule has 1 fully saturated rings. The van der Waals surface area contributed by atoms with Crippen LogP contribution in [-0.4, -0.2) is 49.2 Å². The van der Waals surface area contributed by atoms with Crippen LogP contribution < -0.4 is 15.4 Å². The number of nitrogens with zero attached hydrogens (tertiary/aromatic N) is 3. The summed E-state index contributed by atoms with van der Waals surface area (Å²) in [5, 5.41) is 0. The fourth-order valence-corrected chi connectivity index (χ4v) is 4.07. The van der Waals surface area contributed by atoms with Crippen molar-refractivity contribution in [3.63, 3.8) is 0 Å². The van der Waals surface area contributed by atoms with Crippen molar-refractivity contribution >= 4 is 11.5 Å². The molecule has 5 nitrogen and oxygen atoms in total. The summed E-state index contributed by atoms with van der Waals surface area (Å²) in [5.41, 5.74) is 10.4. The largest absolute Gasteiger partial charge is 0.493 e. The lowest BCUT2D eigenvalue weighted by Gasteiger charge is -2.36. The van der Waals surface area contributed by atoms with Crippen LogP contribution in [0.5, 0.6) is 5.75 Å². The molecule has 3 aromatic rings. The molecule has 0 bridgehead atoms. The maximum absolute atomic E-state index is 6.19. The first-order valence-electron chi connectivity index (χ1n) is 11.6. The molecule has 32 heavy (non-hydrogen) atoms. The van der Waals surface area contributed by atoms with E-state index in [1.807, 2.05) is 18.2 Å². The number of pyridine rings is 1. The minimum absolute atomic E-state index is 0.459. The lowest BCUT2D eigenvalue weighted by atomic mass is 10.0. The summed E-state index contributed by atoms with van der Waals surface area (Å²) in [7, 11) is 0. The minimum Gasteiger partial charge on any atom is -0.493 e. The zero-order chi connectivity index (χ0) is 22.3. The van der Waals surface area contributed by atoms with E-state index in [0.29, 0.717) is 18.3 Å². The molecule has 5 heteroatoms. The number of hydrogen-bond acceptors (Lipinski definition) is 5. The summed E-state index contributed by atoms with van der Waals surface area (Å²) in [6.07, 6.45) is 1.01. The van der Waals surface area contributed by atoms with Crippen LogP contribution in [0.3, 0.4) is 0 Å². The maximum Gasteiger partial charge on any atom is 0.128 e. The summed E-state index contributed by atoms with van der Waals surface area (Å²) in [6, 6.07) is 22.9. The van der Waals surface area contributed by atoms with E-state index in [2.05, 4.69) is 77.2 Å². The van der Waals surface area contributed by atoms with E-state index < -0.39 is 0 Å². The average molecular weight is 431 g/mol. The van der Waals surface area contributed by atoms with Gasteiger partial charge in [0.25, 0.3) is 0 Å². The Morgan fingerprint density at radius 1 is 0.938 bits per heavy atom. The molecule has 2 N–H and O–H groups in total. The molecule has 1 aliphatic heterocycles. The van der Waals surface area contributed by atoms with Gasteiger partial charge < -0.3 is 15.4 Å². The SMILES string of the molecule is CC(C)COc1cc(CCN2CCN(c3ccccc3)CC2)ccc1-c1cccc(N)n1. The first kappa shape index (κ1) is 22.2. The first-order chi connectivity index (χ1) is 15.6. The second kappa shape index (κ2) is 10.5. The van der Waals surface area contributed by atoms with Gasteiger partial charge in [-0.05, 0) is 54.3 Å². The average Bonchev–Trinajstić information content (AvgIpc) is 2.82. The van der Waals surface area contributed by atoms with Gasteiger partial charge in [0.05, 0.1) is 12.3 Å². The van der Waals surface area contributed by atoms with Crippen LogP contribution in [0.2, 0.25) is 0 Å². The highest BCUT2D eigenvalue weighted by Crippen LogP contribution is 2.31. The number of rotatable bonds is 8. The Labute approximate surface area is 191 Å². The third-order valence-corrected chi connectivity index (χ3v) is 5.88. The molecule has 1 aromatic heterocycles. The van der Waals surface area contributed by atoms with Crippen LogP contribution in [0.4, 0.5) is 11.5 Å². The van der Waals surface area contributed by atoms with Gasteiger partial charge >= 0.3 is 0 Å². The second-order valence-electron chi connectivity index (χ2n) is 8.90. The van der Waals surface area contributed by atoms with Crippen LogP contribution in [0.25, 0.3) is 11.3 Å². The number of ether oxygens (including phenoxy) is 1. The summed E-state index contributed by atoms with van der Waals surface area (Å²) < 4.78 is 6.19. The molecule has 4 rings (SSSR count). The molecular formula is C27H34N4O. The van der Waals surface area contributed by atoms with Crippen molar-refractivity contribution in [1.82, 2.24) is 9.88 Å². The molecule has 0 spiro atoms. The molecular weight excluding hydrogens is 396 g/mol. The van der Waals surface area contributed by atoms with Crippen LogP contribution in [-0.2, 0) is 6.42 Å². The van der Waals surface area contributed by atoms with E-state index in [4.69, 9.17) is 10.5 Å². The number of anilines is 2. The molecule has 0 amide bonds. The van der Waals surface area contributed by atoms with E-state index in [-0.39, 0.29) is 0 Å². The van der Waals surface area contributed by atoms with Crippen molar-refractivity contribution in [2.75, 3.05) is 50.0 Å². The highest BCUT2D eigenvalue weighted by atomic mass is 16.5. The van der Waals surface area contributed by atoms with Gasteiger partial charge in [0.1, 0.15) is 11.6 Å². The Bertz CT molecular complexity index is 998. The monoisotopic (exact) mass is 430 g/mol. The lowest BCUT2D eigenvalue weighted by Crippen LogP contribution is -2.46. The highest BCUT2D eigenvalue weighted by molar-refractivity contribution is 5.68. The number of para-hydroxylation sites is 1. The van der Waals surface area contributed by atoms with E-state index >= 15 is 0 Å². The van der Waals surface area contributed by atoms with E-state index in [1.165, 1.54) is 11.3 Å². The molecule has 2 aromatic carbocycles. The van der Waals surface area contributed by atoms with Crippen LogP contribution in [0.15, 0.2) is 66.7 Å². The Kier molecular flexibility index (Phi) is 7.28. The molecule has 1 aliphatic rings. The predicted molar refractivity (Wildman–Crippen MR) is 133 cm³/mol. The van der Waals surface area contributed by atoms with Gasteiger partial charge in [0.15, 0.2) is 0 Å². The molecule has 0 radical (unpaired) electrons. The zero-order valence-corrected chi connectivity index (χ0v) is 19.2. The summed E-state index contributed by atoms with van der Waals surface area (Å²) in [6.45, 7) is 10.4.